The molecule has 0 aromatic heterocycles. The lowest BCUT2D eigenvalue weighted by atomic mass is 10.2. The van der Waals surface area contributed by atoms with E-state index in [2.05, 4.69) is 5.32 Å². The van der Waals surface area contributed by atoms with Crippen LogP contribution in [0, 0.1) is 5.82 Å². The fourth-order valence-corrected chi connectivity index (χ4v) is 2.48. The normalized spacial score (nSPS) is 10.4. The van der Waals surface area contributed by atoms with Gasteiger partial charge in [0.2, 0.25) is 0 Å². The van der Waals surface area contributed by atoms with Gasteiger partial charge in [0.05, 0.1) is 0 Å². The molecule has 0 saturated carbocycles. The van der Waals surface area contributed by atoms with Crippen molar-refractivity contribution in [1.82, 2.24) is 0 Å². The van der Waals surface area contributed by atoms with E-state index in [4.69, 9.17) is 11.6 Å². The van der Waals surface area contributed by atoms with Crippen molar-refractivity contribution in [3.63, 3.8) is 0 Å². The van der Waals surface area contributed by atoms with Crippen molar-refractivity contribution in [3.8, 4) is 0 Å². The fourth-order valence-electron chi connectivity index (χ4n) is 1.68. The standard InChI is InChI=1S/C14H13ClFNS/c1-18-14-8-3-2-7-13(14)17-9-10-11(15)5-4-6-12(10)16/h2-8,17H,9H2,1H3. The molecule has 0 atom stereocenters. The maximum absolute atomic E-state index is 13.6. The highest BCUT2D eigenvalue weighted by atomic mass is 35.5. The molecule has 0 fully saturated rings. The van der Waals surface area contributed by atoms with Crippen LogP contribution in [0.2, 0.25) is 5.02 Å². The van der Waals surface area contributed by atoms with Gasteiger partial charge >= 0.3 is 0 Å². The smallest absolute Gasteiger partial charge is 0.129 e. The molecule has 0 amide bonds. The predicted octanol–water partition coefficient (Wildman–Crippen LogP) is 4.81. The maximum atomic E-state index is 13.6. The van der Waals surface area contributed by atoms with Gasteiger partial charge in [0.25, 0.3) is 0 Å². The van der Waals surface area contributed by atoms with E-state index in [1.54, 1.807) is 23.9 Å². The summed E-state index contributed by atoms with van der Waals surface area (Å²) < 4.78 is 13.6. The van der Waals surface area contributed by atoms with Gasteiger partial charge in [-0.1, -0.05) is 29.8 Å². The third kappa shape index (κ3) is 2.98. The average molecular weight is 282 g/mol. The van der Waals surface area contributed by atoms with E-state index in [1.165, 1.54) is 6.07 Å². The number of hydrogen-bond donors (Lipinski definition) is 1. The summed E-state index contributed by atoms with van der Waals surface area (Å²) >= 11 is 7.63. The lowest BCUT2D eigenvalue weighted by Gasteiger charge is -2.11. The largest absolute Gasteiger partial charge is 0.380 e. The minimum atomic E-state index is -0.281. The van der Waals surface area contributed by atoms with Gasteiger partial charge in [0, 0.05) is 27.7 Å². The van der Waals surface area contributed by atoms with Crippen molar-refractivity contribution in [3.05, 3.63) is 58.9 Å². The maximum Gasteiger partial charge on any atom is 0.129 e. The first-order chi connectivity index (χ1) is 8.72. The summed E-state index contributed by atoms with van der Waals surface area (Å²) in [5.41, 5.74) is 1.49. The van der Waals surface area contributed by atoms with Crippen LogP contribution in [-0.2, 0) is 6.54 Å². The zero-order valence-electron chi connectivity index (χ0n) is 9.91. The van der Waals surface area contributed by atoms with Gasteiger partial charge in [-0.2, -0.15) is 0 Å². The van der Waals surface area contributed by atoms with Crippen LogP contribution in [0.5, 0.6) is 0 Å². The van der Waals surface area contributed by atoms with Gasteiger partial charge in [-0.25, -0.2) is 4.39 Å². The summed E-state index contributed by atoms with van der Waals surface area (Å²) in [6, 6.07) is 12.6. The van der Waals surface area contributed by atoms with Crippen molar-refractivity contribution < 1.29 is 4.39 Å². The predicted molar refractivity (Wildman–Crippen MR) is 77.0 cm³/mol. The molecule has 0 aliphatic heterocycles. The second-order valence-electron chi connectivity index (χ2n) is 3.75. The number of benzene rings is 2. The van der Waals surface area contributed by atoms with Gasteiger partial charge in [-0.15, -0.1) is 11.8 Å². The molecule has 4 heteroatoms. The minimum Gasteiger partial charge on any atom is -0.380 e. The molecule has 0 bridgehead atoms. The zero-order chi connectivity index (χ0) is 13.0. The molecule has 18 heavy (non-hydrogen) atoms. The van der Waals surface area contributed by atoms with Crippen LogP contribution in [0.25, 0.3) is 0 Å². The van der Waals surface area contributed by atoms with Crippen LogP contribution in [0.1, 0.15) is 5.56 Å². The monoisotopic (exact) mass is 281 g/mol. The summed E-state index contributed by atoms with van der Waals surface area (Å²) in [7, 11) is 0. The Morgan fingerprint density at radius 3 is 2.67 bits per heavy atom. The molecule has 0 saturated heterocycles. The Balaban J connectivity index is 2.16. The molecular weight excluding hydrogens is 269 g/mol. The SMILES string of the molecule is CSc1ccccc1NCc1c(F)cccc1Cl. The summed E-state index contributed by atoms with van der Waals surface area (Å²) in [6.07, 6.45) is 2.01. The number of thioether (sulfide) groups is 1. The molecule has 1 nitrogen and oxygen atoms in total. The topological polar surface area (TPSA) is 12.0 Å². The van der Waals surface area contributed by atoms with E-state index >= 15 is 0 Å². The highest BCUT2D eigenvalue weighted by Crippen LogP contribution is 2.26. The lowest BCUT2D eigenvalue weighted by Crippen LogP contribution is -2.03. The molecule has 2 rings (SSSR count). The van der Waals surface area contributed by atoms with Crippen molar-refractivity contribution in [2.45, 2.75) is 11.4 Å². The number of halogens is 2. The Morgan fingerprint density at radius 1 is 1.17 bits per heavy atom. The first-order valence-corrected chi connectivity index (χ1v) is 7.12. The number of para-hydroxylation sites is 1. The van der Waals surface area contributed by atoms with Crippen LogP contribution in [0.15, 0.2) is 47.4 Å². The summed E-state index contributed by atoms with van der Waals surface area (Å²) in [5.74, 6) is -0.281. The van der Waals surface area contributed by atoms with E-state index in [0.29, 0.717) is 17.1 Å². The molecule has 2 aromatic carbocycles. The van der Waals surface area contributed by atoms with E-state index in [0.717, 1.165) is 10.6 Å². The van der Waals surface area contributed by atoms with E-state index < -0.39 is 0 Å². The third-order valence-corrected chi connectivity index (χ3v) is 3.77. The molecular formula is C14H13ClFNS. The molecule has 94 valence electrons. The Bertz CT molecular complexity index is 525. The number of nitrogens with one attached hydrogen (secondary N) is 1. The Morgan fingerprint density at radius 2 is 1.94 bits per heavy atom. The summed E-state index contributed by atoms with van der Waals surface area (Å²) in [5, 5.41) is 3.67. The van der Waals surface area contributed by atoms with E-state index in [9.17, 15) is 4.39 Å². The Hall–Kier alpha value is -1.19. The zero-order valence-corrected chi connectivity index (χ0v) is 11.5. The van der Waals surface area contributed by atoms with Crippen molar-refractivity contribution in [2.24, 2.45) is 0 Å². The second-order valence-corrected chi connectivity index (χ2v) is 5.01. The highest BCUT2D eigenvalue weighted by molar-refractivity contribution is 7.98. The number of hydrogen-bond acceptors (Lipinski definition) is 2. The van der Waals surface area contributed by atoms with Crippen molar-refractivity contribution in [1.29, 1.82) is 0 Å². The quantitative estimate of drug-likeness (QED) is 0.807. The highest BCUT2D eigenvalue weighted by Gasteiger charge is 2.07. The lowest BCUT2D eigenvalue weighted by molar-refractivity contribution is 0.613. The van der Waals surface area contributed by atoms with Crippen molar-refractivity contribution >= 4 is 29.1 Å². The van der Waals surface area contributed by atoms with Crippen LogP contribution in [0.4, 0.5) is 10.1 Å². The third-order valence-electron chi connectivity index (χ3n) is 2.62. The minimum absolute atomic E-state index is 0.281. The molecule has 0 aliphatic carbocycles. The number of rotatable bonds is 4. The van der Waals surface area contributed by atoms with Crippen LogP contribution in [-0.4, -0.2) is 6.26 Å². The van der Waals surface area contributed by atoms with Crippen LogP contribution >= 0.6 is 23.4 Å². The van der Waals surface area contributed by atoms with Gasteiger partial charge < -0.3 is 5.32 Å². The molecule has 0 radical (unpaired) electrons. The van der Waals surface area contributed by atoms with E-state index in [1.807, 2.05) is 30.5 Å². The average Bonchev–Trinajstić information content (AvgIpc) is 2.38. The van der Waals surface area contributed by atoms with Crippen molar-refractivity contribution in [2.75, 3.05) is 11.6 Å². The van der Waals surface area contributed by atoms with Gasteiger partial charge in [0.15, 0.2) is 0 Å². The van der Waals surface area contributed by atoms with Gasteiger partial charge in [0.1, 0.15) is 5.82 Å². The molecule has 0 heterocycles. The molecule has 2 aromatic rings. The fraction of sp³-hybridized carbons (Fsp3) is 0.143. The Labute approximate surface area is 115 Å². The van der Waals surface area contributed by atoms with Crippen LogP contribution < -0.4 is 5.32 Å². The van der Waals surface area contributed by atoms with Gasteiger partial charge in [-0.05, 0) is 30.5 Å². The molecule has 0 aliphatic rings. The molecule has 1 N–H and O–H groups in total. The summed E-state index contributed by atoms with van der Waals surface area (Å²) in [6.45, 7) is 0.378. The second kappa shape index (κ2) is 6.12. The van der Waals surface area contributed by atoms with E-state index in [-0.39, 0.29) is 5.82 Å². The first-order valence-electron chi connectivity index (χ1n) is 5.52. The molecule has 0 unspecified atom stereocenters. The number of anilines is 1. The Kier molecular flexibility index (Phi) is 4.50. The molecule has 0 spiro atoms. The first kappa shape index (κ1) is 13.2. The van der Waals surface area contributed by atoms with Gasteiger partial charge in [-0.3, -0.25) is 0 Å². The van der Waals surface area contributed by atoms with Crippen LogP contribution in [0.3, 0.4) is 0 Å². The summed E-state index contributed by atoms with van der Waals surface area (Å²) in [4.78, 5) is 1.13.